The van der Waals surface area contributed by atoms with Crippen molar-refractivity contribution in [3.8, 4) is 17.0 Å². The maximum Gasteiger partial charge on any atom is 0.407 e. The molecule has 4 rings (SSSR count). The Kier molecular flexibility index (Phi) is 8.14. The zero-order valence-corrected chi connectivity index (χ0v) is 22.5. The molecule has 0 saturated heterocycles. The van der Waals surface area contributed by atoms with Gasteiger partial charge in [-0.3, -0.25) is 9.67 Å². The van der Waals surface area contributed by atoms with Crippen LogP contribution in [0.4, 0.5) is 4.79 Å². The lowest BCUT2D eigenvalue weighted by Crippen LogP contribution is -2.34. The third kappa shape index (κ3) is 6.40. The van der Waals surface area contributed by atoms with Gasteiger partial charge in [0.1, 0.15) is 17.0 Å². The van der Waals surface area contributed by atoms with Gasteiger partial charge >= 0.3 is 12.1 Å². The predicted molar refractivity (Wildman–Crippen MR) is 145 cm³/mol. The van der Waals surface area contributed by atoms with Gasteiger partial charge in [0.25, 0.3) is 0 Å². The fourth-order valence-corrected chi connectivity index (χ4v) is 4.29. The second-order valence-corrected chi connectivity index (χ2v) is 9.92. The number of benzene rings is 1. The highest BCUT2D eigenvalue weighted by Crippen LogP contribution is 2.35. The number of esters is 1. The number of alkyl carbamates (subject to hydrolysis) is 1. The molecule has 9 heteroatoms. The molecular formula is C29H34N4O5. The van der Waals surface area contributed by atoms with E-state index in [1.165, 1.54) is 0 Å². The number of nitrogens with one attached hydrogen (secondary N) is 1. The van der Waals surface area contributed by atoms with Crippen LogP contribution in [0, 0.1) is 0 Å². The van der Waals surface area contributed by atoms with Crippen LogP contribution in [0.15, 0.2) is 36.5 Å². The van der Waals surface area contributed by atoms with Gasteiger partial charge in [0.2, 0.25) is 0 Å². The van der Waals surface area contributed by atoms with Crippen LogP contribution < -0.4 is 10.1 Å². The van der Waals surface area contributed by atoms with Crippen molar-refractivity contribution in [3.63, 3.8) is 0 Å². The van der Waals surface area contributed by atoms with E-state index in [2.05, 4.69) is 10.3 Å². The normalized spacial score (nSPS) is 12.6. The van der Waals surface area contributed by atoms with Gasteiger partial charge in [-0.1, -0.05) is 18.2 Å². The Balaban J connectivity index is 1.60. The minimum absolute atomic E-state index is 0.251. The number of aromatic nitrogens is 3. The van der Waals surface area contributed by atoms with Crippen LogP contribution in [-0.4, -0.2) is 52.7 Å². The molecule has 38 heavy (non-hydrogen) atoms. The topological polar surface area (TPSA) is 105 Å². The molecular weight excluding hydrogens is 484 g/mol. The Hall–Kier alpha value is -4.14. The minimum Gasteiger partial charge on any atom is -0.497 e. The van der Waals surface area contributed by atoms with Crippen molar-refractivity contribution in [2.75, 3.05) is 20.3 Å². The van der Waals surface area contributed by atoms with Crippen LogP contribution in [-0.2, 0) is 28.9 Å². The van der Waals surface area contributed by atoms with Crippen LogP contribution >= 0.6 is 0 Å². The summed E-state index contributed by atoms with van der Waals surface area (Å²) in [6.07, 6.45) is 6.69. The third-order valence-electron chi connectivity index (χ3n) is 5.98. The molecule has 0 atom stereocenters. The van der Waals surface area contributed by atoms with Gasteiger partial charge in [-0.2, -0.15) is 5.10 Å². The summed E-state index contributed by atoms with van der Waals surface area (Å²) in [6.45, 7) is 8.00. The van der Waals surface area contributed by atoms with Crippen molar-refractivity contribution in [2.45, 2.75) is 52.7 Å². The van der Waals surface area contributed by atoms with Gasteiger partial charge in [-0.05, 0) is 75.9 Å². The molecule has 1 N–H and O–H groups in total. The van der Waals surface area contributed by atoms with E-state index >= 15 is 0 Å². The monoisotopic (exact) mass is 518 g/mol. The lowest BCUT2D eigenvalue weighted by molar-refractivity contribution is 0.0510. The van der Waals surface area contributed by atoms with Gasteiger partial charge in [0, 0.05) is 23.9 Å². The van der Waals surface area contributed by atoms with E-state index in [9.17, 15) is 9.59 Å². The molecule has 1 amide bonds. The maximum absolute atomic E-state index is 12.9. The van der Waals surface area contributed by atoms with Gasteiger partial charge in [0.15, 0.2) is 0 Å². The first-order valence-corrected chi connectivity index (χ1v) is 12.7. The number of methoxy groups -OCH3 is 1. The average molecular weight is 519 g/mol. The summed E-state index contributed by atoms with van der Waals surface area (Å²) in [5, 5.41) is 7.54. The number of hydrogen-bond acceptors (Lipinski definition) is 7. The molecule has 200 valence electrons. The summed E-state index contributed by atoms with van der Waals surface area (Å²) in [4.78, 5) is 29.6. The Morgan fingerprint density at radius 3 is 2.58 bits per heavy atom. The van der Waals surface area contributed by atoms with Crippen molar-refractivity contribution in [1.82, 2.24) is 20.1 Å². The van der Waals surface area contributed by atoms with E-state index < -0.39 is 17.7 Å². The van der Waals surface area contributed by atoms with E-state index in [4.69, 9.17) is 19.3 Å². The minimum atomic E-state index is -0.595. The fraction of sp³-hybridized carbons (Fsp3) is 0.379. The number of ether oxygens (including phenoxy) is 3. The first kappa shape index (κ1) is 26.9. The summed E-state index contributed by atoms with van der Waals surface area (Å²) in [7, 11) is 1.64. The molecule has 0 aliphatic heterocycles. The van der Waals surface area contributed by atoms with E-state index in [1.807, 2.05) is 48.7 Å². The smallest absolute Gasteiger partial charge is 0.407 e. The molecule has 2 heterocycles. The number of pyridine rings is 1. The largest absolute Gasteiger partial charge is 0.497 e. The van der Waals surface area contributed by atoms with Crippen molar-refractivity contribution in [3.05, 3.63) is 64.6 Å². The molecule has 1 aliphatic rings. The lowest BCUT2D eigenvalue weighted by atomic mass is 9.89. The summed E-state index contributed by atoms with van der Waals surface area (Å²) in [6, 6.07) is 9.77. The summed E-state index contributed by atoms with van der Waals surface area (Å²) >= 11 is 0. The molecule has 0 radical (unpaired) electrons. The highest BCUT2D eigenvalue weighted by atomic mass is 16.6. The van der Waals surface area contributed by atoms with E-state index in [1.54, 1.807) is 39.5 Å². The Bertz CT molecular complexity index is 1340. The molecule has 2 aromatic heterocycles. The highest BCUT2D eigenvalue weighted by Gasteiger charge is 2.29. The quantitative estimate of drug-likeness (QED) is 0.422. The number of fused-ring (bicyclic) bond motifs is 3. The van der Waals surface area contributed by atoms with Crippen LogP contribution in [0.25, 0.3) is 23.4 Å². The molecule has 0 spiro atoms. The standard InChI is InChI=1S/C29H34N4O5/c1-6-37-27(34)26-23-14-10-20-18-31-21(11-7-19-8-12-22(36-5)13-9-19)17-24(20)25(23)32-33(26)16-15-30-28(35)38-29(2,3)4/h7-9,11-13,17-18H,6,10,14-16H2,1-5H3,(H,30,35). The molecule has 1 aromatic carbocycles. The zero-order valence-electron chi connectivity index (χ0n) is 22.5. The zero-order chi connectivity index (χ0) is 27.3. The van der Waals surface area contributed by atoms with Crippen LogP contribution in [0.2, 0.25) is 0 Å². The maximum atomic E-state index is 12.9. The number of rotatable bonds is 8. The molecule has 0 saturated carbocycles. The summed E-state index contributed by atoms with van der Waals surface area (Å²) < 4.78 is 17.5. The number of hydrogen-bond donors (Lipinski definition) is 1. The number of nitrogens with zero attached hydrogens (tertiary/aromatic N) is 3. The van der Waals surface area contributed by atoms with Crippen molar-refractivity contribution in [1.29, 1.82) is 0 Å². The third-order valence-corrected chi connectivity index (χ3v) is 5.98. The second kappa shape index (κ2) is 11.5. The predicted octanol–water partition coefficient (Wildman–Crippen LogP) is 4.92. The highest BCUT2D eigenvalue weighted by molar-refractivity contribution is 5.92. The molecule has 0 bridgehead atoms. The van der Waals surface area contributed by atoms with Gasteiger partial charge in [0.05, 0.1) is 31.6 Å². The van der Waals surface area contributed by atoms with Gasteiger partial charge in [-0.15, -0.1) is 0 Å². The Morgan fingerprint density at radius 1 is 1.13 bits per heavy atom. The van der Waals surface area contributed by atoms with Crippen molar-refractivity contribution >= 4 is 24.2 Å². The summed E-state index contributed by atoms with van der Waals surface area (Å²) in [5.74, 6) is 0.381. The summed E-state index contributed by atoms with van der Waals surface area (Å²) in [5.41, 5.74) is 5.25. The second-order valence-electron chi connectivity index (χ2n) is 9.92. The molecule has 9 nitrogen and oxygen atoms in total. The van der Waals surface area contributed by atoms with E-state index in [0.29, 0.717) is 18.7 Å². The average Bonchev–Trinajstić information content (AvgIpc) is 3.25. The molecule has 3 aromatic rings. The molecule has 0 unspecified atom stereocenters. The van der Waals surface area contributed by atoms with E-state index in [0.717, 1.165) is 45.8 Å². The van der Waals surface area contributed by atoms with Crippen LogP contribution in [0.3, 0.4) is 0 Å². The number of carbonyl (C=O) groups excluding carboxylic acids is 2. The first-order valence-electron chi connectivity index (χ1n) is 12.7. The molecule has 1 aliphatic carbocycles. The Morgan fingerprint density at radius 2 is 1.89 bits per heavy atom. The number of carbonyl (C=O) groups is 2. The first-order chi connectivity index (χ1) is 18.2. The van der Waals surface area contributed by atoms with Gasteiger partial charge in [-0.25, -0.2) is 9.59 Å². The van der Waals surface area contributed by atoms with Crippen molar-refractivity contribution < 1.29 is 23.8 Å². The molecule has 0 fully saturated rings. The fourth-order valence-electron chi connectivity index (χ4n) is 4.29. The lowest BCUT2D eigenvalue weighted by Gasteiger charge is -2.19. The van der Waals surface area contributed by atoms with Crippen LogP contribution in [0.1, 0.15) is 60.6 Å². The van der Waals surface area contributed by atoms with Crippen molar-refractivity contribution in [2.24, 2.45) is 0 Å². The van der Waals surface area contributed by atoms with Crippen LogP contribution in [0.5, 0.6) is 5.75 Å². The Labute approximate surface area is 222 Å². The van der Waals surface area contributed by atoms with E-state index in [-0.39, 0.29) is 13.2 Å². The number of amides is 1. The number of aryl methyl sites for hydroxylation is 1. The SMILES string of the molecule is CCOC(=O)c1c2c(nn1CCNC(=O)OC(C)(C)C)-c1cc(C=Cc3ccc(OC)cc3)ncc1CC2. The van der Waals surface area contributed by atoms with Gasteiger partial charge < -0.3 is 19.5 Å².